The van der Waals surface area contributed by atoms with Crippen molar-refractivity contribution in [2.45, 2.75) is 239 Å². The number of carbonyl (C=O) groups is 2. The maximum Gasteiger partial charge on any atom is 0.306 e. The summed E-state index contributed by atoms with van der Waals surface area (Å²) in [4.78, 5) is 27.3. The van der Waals surface area contributed by atoms with Crippen molar-refractivity contribution in [3.8, 4) is 0 Å². The van der Waals surface area contributed by atoms with Gasteiger partial charge >= 0.3 is 11.9 Å². The van der Waals surface area contributed by atoms with Gasteiger partial charge in [-0.1, -0.05) is 143 Å². The fourth-order valence-corrected chi connectivity index (χ4v) is 6.76. The number of aliphatic hydroxyl groups excluding tert-OH is 1. The number of unbranched alkanes of at least 4 members (excludes halogenated alkanes) is 21. The van der Waals surface area contributed by atoms with Gasteiger partial charge in [-0.15, -0.1) is 0 Å². The molecule has 49 heavy (non-hydrogen) atoms. The maximum atomic E-state index is 12.7. The highest BCUT2D eigenvalue weighted by molar-refractivity contribution is 5.69. The lowest BCUT2D eigenvalue weighted by atomic mass is 10.0. The summed E-state index contributed by atoms with van der Waals surface area (Å²) >= 11 is 0. The van der Waals surface area contributed by atoms with Gasteiger partial charge in [0.1, 0.15) is 6.10 Å². The monoisotopic (exact) mass is 696 g/mol. The molecule has 1 atom stereocenters. The molecule has 0 saturated carbocycles. The molecule has 0 aliphatic carbocycles. The quantitative estimate of drug-likeness (QED) is 0.0509. The van der Waals surface area contributed by atoms with Gasteiger partial charge in [-0.3, -0.25) is 9.59 Å². The first-order valence-corrected chi connectivity index (χ1v) is 21.7. The van der Waals surface area contributed by atoms with Crippen molar-refractivity contribution in [3.05, 3.63) is 0 Å². The molecule has 0 aromatic heterocycles. The molecule has 6 nitrogen and oxygen atoms in total. The summed E-state index contributed by atoms with van der Waals surface area (Å²) in [6.45, 7) is 11.6. The second-order valence-corrected chi connectivity index (χ2v) is 15.0. The highest BCUT2D eigenvalue weighted by atomic mass is 16.5. The van der Waals surface area contributed by atoms with Gasteiger partial charge in [0.05, 0.1) is 12.7 Å². The van der Waals surface area contributed by atoms with E-state index >= 15 is 0 Å². The van der Waals surface area contributed by atoms with Crippen molar-refractivity contribution in [2.24, 2.45) is 0 Å². The Morgan fingerprint density at radius 3 is 1.31 bits per heavy atom. The van der Waals surface area contributed by atoms with E-state index in [-0.39, 0.29) is 30.8 Å². The number of esters is 2. The van der Waals surface area contributed by atoms with Crippen LogP contribution in [-0.2, 0) is 19.1 Å². The van der Waals surface area contributed by atoms with Crippen LogP contribution in [0.3, 0.4) is 0 Å². The van der Waals surface area contributed by atoms with E-state index < -0.39 is 0 Å². The van der Waals surface area contributed by atoms with Crippen molar-refractivity contribution >= 4 is 11.9 Å². The number of nitrogens with zero attached hydrogens (tertiary/aromatic N) is 1. The van der Waals surface area contributed by atoms with Crippen LogP contribution < -0.4 is 0 Å². The normalized spacial score (nSPS) is 12.2. The fraction of sp³-hybridized carbons (Fsp3) is 0.953. The smallest absolute Gasteiger partial charge is 0.306 e. The third kappa shape index (κ3) is 35.1. The highest BCUT2D eigenvalue weighted by Crippen LogP contribution is 2.18. The van der Waals surface area contributed by atoms with E-state index in [9.17, 15) is 14.7 Å². The predicted molar refractivity (Wildman–Crippen MR) is 209 cm³/mol. The Morgan fingerprint density at radius 2 is 0.837 bits per heavy atom. The molecule has 1 unspecified atom stereocenters. The minimum absolute atomic E-state index is 0.00651. The lowest BCUT2D eigenvalue weighted by molar-refractivity contribution is -0.150. The Labute approximate surface area is 305 Å². The van der Waals surface area contributed by atoms with Crippen molar-refractivity contribution < 1.29 is 24.2 Å². The first-order valence-electron chi connectivity index (χ1n) is 21.7. The van der Waals surface area contributed by atoms with Gasteiger partial charge in [0.15, 0.2) is 0 Å². The van der Waals surface area contributed by atoms with Gasteiger partial charge in [0.25, 0.3) is 0 Å². The number of hydrogen-bond donors (Lipinski definition) is 1. The van der Waals surface area contributed by atoms with Crippen molar-refractivity contribution in [3.63, 3.8) is 0 Å². The van der Waals surface area contributed by atoms with Crippen molar-refractivity contribution in [1.82, 2.24) is 4.90 Å². The molecule has 0 saturated heterocycles. The van der Waals surface area contributed by atoms with Crippen molar-refractivity contribution in [2.75, 3.05) is 26.2 Å². The lowest BCUT2D eigenvalue weighted by Gasteiger charge is -2.21. The second-order valence-electron chi connectivity index (χ2n) is 15.0. The van der Waals surface area contributed by atoms with Gasteiger partial charge in [-0.25, -0.2) is 0 Å². The summed E-state index contributed by atoms with van der Waals surface area (Å²) in [7, 11) is 0. The number of ether oxygens (including phenoxy) is 2. The molecule has 0 aromatic rings. The van der Waals surface area contributed by atoms with Crippen LogP contribution in [0.15, 0.2) is 0 Å². The van der Waals surface area contributed by atoms with Gasteiger partial charge in [-0.05, 0) is 84.2 Å². The molecule has 0 rings (SSSR count). The average molecular weight is 696 g/mol. The van der Waals surface area contributed by atoms with E-state index in [0.717, 1.165) is 90.1 Å². The zero-order valence-corrected chi connectivity index (χ0v) is 33.4. The Balaban J connectivity index is 4.05. The molecule has 0 fully saturated rings. The first kappa shape index (κ1) is 47.9. The van der Waals surface area contributed by atoms with E-state index in [1.165, 1.54) is 109 Å². The van der Waals surface area contributed by atoms with E-state index in [1.54, 1.807) is 0 Å². The molecule has 6 heteroatoms. The summed E-state index contributed by atoms with van der Waals surface area (Å²) in [5.74, 6) is -0.0489. The second kappa shape index (κ2) is 38.1. The van der Waals surface area contributed by atoms with Crippen LogP contribution in [0, 0.1) is 0 Å². The molecule has 0 spiro atoms. The van der Waals surface area contributed by atoms with Crippen LogP contribution in [0.4, 0.5) is 0 Å². The Hall–Kier alpha value is -1.14. The van der Waals surface area contributed by atoms with Crippen LogP contribution in [-0.4, -0.2) is 60.4 Å². The third-order valence-electron chi connectivity index (χ3n) is 9.98. The number of carbonyl (C=O) groups excluding carboxylic acids is 2. The van der Waals surface area contributed by atoms with Gasteiger partial charge in [0.2, 0.25) is 0 Å². The molecule has 1 N–H and O–H groups in total. The number of rotatable bonds is 39. The standard InChI is InChI=1S/C43H85NO5/c1-5-8-11-14-18-24-31-40(4)48-42(46)34-28-23-30-37-44(38-39-45)36-29-22-17-21-27-35-43(47)49-41(32-25-19-15-12-9-6-2)33-26-20-16-13-10-7-3/h40-41,45H,5-39H2,1-4H3. The maximum absolute atomic E-state index is 12.7. The predicted octanol–water partition coefficient (Wildman–Crippen LogP) is 12.3. The highest BCUT2D eigenvalue weighted by Gasteiger charge is 2.15. The van der Waals surface area contributed by atoms with Crippen LogP contribution in [0.1, 0.15) is 227 Å². The first-order chi connectivity index (χ1) is 24.0. The topological polar surface area (TPSA) is 76.1 Å². The average Bonchev–Trinajstić information content (AvgIpc) is 3.08. The largest absolute Gasteiger partial charge is 0.463 e. The van der Waals surface area contributed by atoms with Crippen LogP contribution in [0.5, 0.6) is 0 Å². The summed E-state index contributed by atoms with van der Waals surface area (Å²) in [6, 6.07) is 0. The van der Waals surface area contributed by atoms with Gasteiger partial charge in [0, 0.05) is 19.4 Å². The van der Waals surface area contributed by atoms with E-state index in [2.05, 4.69) is 25.7 Å². The van der Waals surface area contributed by atoms with Gasteiger partial charge < -0.3 is 19.5 Å². The summed E-state index contributed by atoms with van der Waals surface area (Å²) in [5.41, 5.74) is 0. The number of hydrogen-bond acceptors (Lipinski definition) is 6. The van der Waals surface area contributed by atoms with Crippen LogP contribution >= 0.6 is 0 Å². The Bertz CT molecular complexity index is 686. The summed E-state index contributed by atoms with van der Waals surface area (Å²) in [6.07, 6.45) is 35.5. The van der Waals surface area contributed by atoms with E-state index in [4.69, 9.17) is 9.47 Å². The molecular formula is C43H85NO5. The summed E-state index contributed by atoms with van der Waals surface area (Å²) in [5, 5.41) is 9.53. The van der Waals surface area contributed by atoms with Gasteiger partial charge in [-0.2, -0.15) is 0 Å². The Kier molecular flexibility index (Phi) is 37.2. The molecule has 0 aromatic carbocycles. The summed E-state index contributed by atoms with van der Waals surface area (Å²) < 4.78 is 11.6. The molecule has 0 heterocycles. The van der Waals surface area contributed by atoms with E-state index in [1.807, 2.05) is 6.92 Å². The SMILES string of the molecule is CCCCCCCCC(C)OC(=O)CCCCCN(CCO)CCCCCCCC(=O)OC(CCCCCCCC)CCCCCCCC. The molecule has 0 bridgehead atoms. The fourth-order valence-electron chi connectivity index (χ4n) is 6.76. The van der Waals surface area contributed by atoms with Crippen LogP contribution in [0.25, 0.3) is 0 Å². The van der Waals surface area contributed by atoms with Crippen LogP contribution in [0.2, 0.25) is 0 Å². The molecule has 292 valence electrons. The molecule has 0 amide bonds. The zero-order chi connectivity index (χ0) is 36.0. The molecule has 0 aliphatic rings. The molecular weight excluding hydrogens is 610 g/mol. The minimum Gasteiger partial charge on any atom is -0.463 e. The van der Waals surface area contributed by atoms with Crippen molar-refractivity contribution in [1.29, 1.82) is 0 Å². The Morgan fingerprint density at radius 1 is 0.469 bits per heavy atom. The number of aliphatic hydroxyl groups is 1. The zero-order valence-electron chi connectivity index (χ0n) is 33.4. The third-order valence-corrected chi connectivity index (χ3v) is 9.98. The lowest BCUT2D eigenvalue weighted by Crippen LogP contribution is -2.29. The van der Waals surface area contributed by atoms with E-state index in [0.29, 0.717) is 19.4 Å². The molecule has 0 radical (unpaired) electrons. The minimum atomic E-state index is -0.0555. The molecule has 0 aliphatic heterocycles.